The molecule has 8 heteroatoms. The number of hydrogen-bond donors (Lipinski definition) is 2. The summed E-state index contributed by atoms with van der Waals surface area (Å²) in [6.07, 6.45) is 4.17. The van der Waals surface area contributed by atoms with Gasteiger partial charge in [-0.3, -0.25) is 15.1 Å². The highest BCUT2D eigenvalue weighted by Crippen LogP contribution is 2.32. The third-order valence-electron chi connectivity index (χ3n) is 6.24. The Balaban J connectivity index is 1.27. The molecular formula is C29H33N3O5. The van der Waals surface area contributed by atoms with Crippen LogP contribution in [0.2, 0.25) is 0 Å². The van der Waals surface area contributed by atoms with Crippen LogP contribution in [0.25, 0.3) is 0 Å². The van der Waals surface area contributed by atoms with Crippen LogP contribution in [0.3, 0.4) is 0 Å². The molecule has 2 N–H and O–H groups in total. The summed E-state index contributed by atoms with van der Waals surface area (Å²) in [7, 11) is 3.31. The van der Waals surface area contributed by atoms with Gasteiger partial charge in [0.25, 0.3) is 5.91 Å². The van der Waals surface area contributed by atoms with E-state index in [4.69, 9.17) is 14.2 Å². The van der Waals surface area contributed by atoms with Crippen LogP contribution in [-0.2, 0) is 17.9 Å². The van der Waals surface area contributed by atoms with Gasteiger partial charge in [0.2, 0.25) is 0 Å². The van der Waals surface area contributed by atoms with Gasteiger partial charge in [-0.25, -0.2) is 10.2 Å². The molecule has 0 spiro atoms. The minimum atomic E-state index is -0.558. The summed E-state index contributed by atoms with van der Waals surface area (Å²) in [5.41, 5.74) is 6.03. The van der Waals surface area contributed by atoms with Gasteiger partial charge in [-0.15, -0.1) is 0 Å². The van der Waals surface area contributed by atoms with Gasteiger partial charge in [0.15, 0.2) is 11.5 Å². The average molecular weight is 504 g/mol. The highest BCUT2D eigenvalue weighted by molar-refractivity contribution is 5.94. The third-order valence-corrected chi connectivity index (χ3v) is 6.24. The lowest BCUT2D eigenvalue weighted by Gasteiger charge is -2.20. The van der Waals surface area contributed by atoms with Gasteiger partial charge in [-0.1, -0.05) is 36.4 Å². The molecule has 3 aromatic carbocycles. The van der Waals surface area contributed by atoms with Crippen LogP contribution in [0.1, 0.15) is 47.2 Å². The number of hydrogen-bond acceptors (Lipinski definition) is 6. The smallest absolute Gasteiger partial charge is 0.411 e. The second-order valence-electron chi connectivity index (χ2n) is 8.97. The van der Waals surface area contributed by atoms with Crippen LogP contribution in [0.4, 0.5) is 10.5 Å². The number of methoxy groups -OCH3 is 1. The van der Waals surface area contributed by atoms with Crippen LogP contribution in [0.5, 0.6) is 11.5 Å². The van der Waals surface area contributed by atoms with E-state index in [1.807, 2.05) is 48.5 Å². The van der Waals surface area contributed by atoms with E-state index in [-0.39, 0.29) is 18.6 Å². The molecule has 1 fully saturated rings. The first kappa shape index (κ1) is 26.0. The van der Waals surface area contributed by atoms with Crippen molar-refractivity contribution in [1.29, 1.82) is 0 Å². The lowest BCUT2D eigenvalue weighted by Crippen LogP contribution is -2.39. The molecule has 0 atom stereocenters. The number of carbonyl (C=O) groups excluding carboxylic acids is 2. The Hall–Kier alpha value is -4.04. The number of hydrazine groups is 1. The average Bonchev–Trinajstić information content (AvgIpc) is 3.44. The molecule has 0 heterocycles. The Bertz CT molecular complexity index is 1180. The van der Waals surface area contributed by atoms with Gasteiger partial charge < -0.3 is 14.2 Å². The molecule has 194 valence electrons. The van der Waals surface area contributed by atoms with Crippen LogP contribution >= 0.6 is 0 Å². The summed E-state index contributed by atoms with van der Waals surface area (Å²) >= 11 is 0. The molecule has 3 aromatic rings. The summed E-state index contributed by atoms with van der Waals surface area (Å²) in [5, 5.41) is 4.11. The second kappa shape index (κ2) is 12.8. The maximum Gasteiger partial charge on any atom is 0.411 e. The molecule has 37 heavy (non-hydrogen) atoms. The minimum absolute atomic E-state index is 0.183. The molecule has 0 unspecified atom stereocenters. The van der Waals surface area contributed by atoms with E-state index in [0.29, 0.717) is 23.5 Å². The Kier molecular flexibility index (Phi) is 8.99. The first-order chi connectivity index (χ1) is 18.0. The van der Waals surface area contributed by atoms with E-state index in [1.54, 1.807) is 38.4 Å². The number of rotatable bonds is 10. The van der Waals surface area contributed by atoms with Gasteiger partial charge in [0.05, 0.1) is 13.2 Å². The van der Waals surface area contributed by atoms with Crippen molar-refractivity contribution in [1.82, 2.24) is 10.4 Å². The Labute approximate surface area is 217 Å². The number of benzene rings is 3. The van der Waals surface area contributed by atoms with E-state index < -0.39 is 6.09 Å². The molecular weight excluding hydrogens is 470 g/mol. The third kappa shape index (κ3) is 7.47. The largest absolute Gasteiger partial charge is 0.493 e. The highest BCUT2D eigenvalue weighted by Gasteiger charge is 2.19. The van der Waals surface area contributed by atoms with E-state index >= 15 is 0 Å². The number of nitrogens with one attached hydrogen (secondary N) is 2. The Morgan fingerprint density at radius 2 is 1.65 bits per heavy atom. The molecule has 0 saturated heterocycles. The van der Waals surface area contributed by atoms with Gasteiger partial charge in [0, 0.05) is 24.8 Å². The molecule has 2 amide bonds. The molecule has 0 radical (unpaired) electrons. The zero-order valence-electron chi connectivity index (χ0n) is 21.2. The van der Waals surface area contributed by atoms with Crippen LogP contribution in [-0.4, -0.2) is 37.3 Å². The fraction of sp³-hybridized carbons (Fsp3) is 0.310. The molecule has 4 rings (SSSR count). The van der Waals surface area contributed by atoms with Crippen molar-refractivity contribution in [3.8, 4) is 11.5 Å². The van der Waals surface area contributed by atoms with E-state index in [1.165, 1.54) is 17.9 Å². The SMILES string of the molecule is COc1ccc(CNN(C)C(=O)c2ccc(NC(=O)OCc3ccccc3)cc2)cc1OC1CCCC1. The summed E-state index contributed by atoms with van der Waals surface area (Å²) < 4.78 is 16.9. The standard InChI is InChI=1S/C29H33N3O5/c1-32(30-19-22-12-17-26(35-2)27(18-22)37-25-10-6-7-11-25)28(33)23-13-15-24(16-14-23)31-29(34)36-20-21-8-4-3-5-9-21/h3-5,8-9,12-18,25,30H,6-7,10-11,19-20H2,1-2H3,(H,31,34). The molecule has 1 aliphatic carbocycles. The maximum atomic E-state index is 12.9. The minimum Gasteiger partial charge on any atom is -0.493 e. The zero-order chi connectivity index (χ0) is 26.0. The topological polar surface area (TPSA) is 89.1 Å². The molecule has 8 nitrogen and oxygen atoms in total. The van der Waals surface area contributed by atoms with Crippen LogP contribution in [0, 0.1) is 0 Å². The number of carbonyl (C=O) groups is 2. The van der Waals surface area contributed by atoms with Crippen molar-refractivity contribution in [3.05, 3.63) is 89.5 Å². The molecule has 0 aromatic heterocycles. The molecule has 1 saturated carbocycles. The number of ether oxygens (including phenoxy) is 3. The fourth-order valence-corrected chi connectivity index (χ4v) is 4.16. The van der Waals surface area contributed by atoms with Crippen LogP contribution < -0.4 is 20.2 Å². The first-order valence-corrected chi connectivity index (χ1v) is 12.4. The highest BCUT2D eigenvalue weighted by atomic mass is 16.5. The lowest BCUT2D eigenvalue weighted by atomic mass is 10.2. The van der Waals surface area contributed by atoms with E-state index in [0.717, 1.165) is 29.7 Å². The monoisotopic (exact) mass is 503 g/mol. The zero-order valence-corrected chi connectivity index (χ0v) is 21.2. The Morgan fingerprint density at radius 3 is 2.35 bits per heavy atom. The summed E-state index contributed by atoms with van der Waals surface area (Å²) in [6, 6.07) is 21.9. The van der Waals surface area contributed by atoms with Crippen molar-refractivity contribution in [2.75, 3.05) is 19.5 Å². The number of anilines is 1. The van der Waals surface area contributed by atoms with Crippen molar-refractivity contribution in [2.45, 2.75) is 44.9 Å². The summed E-state index contributed by atoms with van der Waals surface area (Å²) in [6.45, 7) is 0.627. The van der Waals surface area contributed by atoms with Crippen molar-refractivity contribution in [3.63, 3.8) is 0 Å². The van der Waals surface area contributed by atoms with Gasteiger partial charge in [-0.05, 0) is 73.2 Å². The van der Waals surface area contributed by atoms with Crippen molar-refractivity contribution in [2.24, 2.45) is 0 Å². The van der Waals surface area contributed by atoms with Gasteiger partial charge in [-0.2, -0.15) is 0 Å². The fourth-order valence-electron chi connectivity index (χ4n) is 4.16. The van der Waals surface area contributed by atoms with Crippen molar-refractivity contribution < 1.29 is 23.8 Å². The predicted octanol–water partition coefficient (Wildman–Crippen LogP) is 5.54. The number of amides is 2. The second-order valence-corrected chi connectivity index (χ2v) is 8.97. The molecule has 0 bridgehead atoms. The van der Waals surface area contributed by atoms with Crippen molar-refractivity contribution >= 4 is 17.7 Å². The molecule has 1 aliphatic rings. The quantitative estimate of drug-likeness (QED) is 0.353. The predicted molar refractivity (Wildman–Crippen MR) is 142 cm³/mol. The van der Waals surface area contributed by atoms with Gasteiger partial charge in [0.1, 0.15) is 6.61 Å². The normalized spacial score (nSPS) is 13.1. The van der Waals surface area contributed by atoms with Crippen LogP contribution in [0.15, 0.2) is 72.8 Å². The summed E-state index contributed by atoms with van der Waals surface area (Å²) in [4.78, 5) is 24.9. The molecule has 0 aliphatic heterocycles. The summed E-state index contributed by atoms with van der Waals surface area (Å²) in [5.74, 6) is 1.24. The van der Waals surface area contributed by atoms with E-state index in [9.17, 15) is 9.59 Å². The maximum absolute atomic E-state index is 12.9. The number of nitrogens with zero attached hydrogens (tertiary/aromatic N) is 1. The van der Waals surface area contributed by atoms with Gasteiger partial charge >= 0.3 is 6.09 Å². The van der Waals surface area contributed by atoms with E-state index in [2.05, 4.69) is 10.7 Å². The first-order valence-electron chi connectivity index (χ1n) is 12.4. The lowest BCUT2D eigenvalue weighted by molar-refractivity contribution is 0.0712. The Morgan fingerprint density at radius 1 is 0.919 bits per heavy atom.